The van der Waals surface area contributed by atoms with Gasteiger partial charge in [-0.15, -0.1) is 0 Å². The van der Waals surface area contributed by atoms with Gasteiger partial charge >= 0.3 is 5.97 Å². The van der Waals surface area contributed by atoms with E-state index in [1.807, 2.05) is 0 Å². The zero-order chi connectivity index (χ0) is 15.5. The Morgan fingerprint density at radius 2 is 2.10 bits per heavy atom. The van der Waals surface area contributed by atoms with Crippen LogP contribution in [0, 0.1) is 0 Å². The summed E-state index contributed by atoms with van der Waals surface area (Å²) < 4.78 is 30.6. The van der Waals surface area contributed by atoms with Gasteiger partial charge in [-0.3, -0.25) is 19.7 Å². The molecule has 114 valence electrons. The monoisotopic (exact) mass is 307 g/mol. The molecule has 1 saturated heterocycles. The molecule has 9 nitrogen and oxygen atoms in total. The molecule has 0 radical (unpaired) electrons. The van der Waals surface area contributed by atoms with E-state index in [-0.39, 0.29) is 13.0 Å². The summed E-state index contributed by atoms with van der Waals surface area (Å²) in [6.45, 7) is 0.847. The summed E-state index contributed by atoms with van der Waals surface area (Å²) in [5.41, 5.74) is 0. The predicted octanol–water partition coefficient (Wildman–Crippen LogP) is -1.93. The van der Waals surface area contributed by atoms with Gasteiger partial charge in [-0.25, -0.2) is 0 Å². The first-order valence-corrected chi connectivity index (χ1v) is 7.23. The maximum Gasteiger partial charge on any atom is 0.306 e. The molecule has 1 fully saturated rings. The fourth-order valence-electron chi connectivity index (χ4n) is 1.62. The number of nitrogens with one attached hydrogen (secondary N) is 1. The van der Waals surface area contributed by atoms with Crippen LogP contribution in [0.1, 0.15) is 13.3 Å². The van der Waals surface area contributed by atoms with Crippen molar-refractivity contribution in [2.45, 2.75) is 19.4 Å². The third-order valence-electron chi connectivity index (χ3n) is 2.92. The Morgan fingerprint density at radius 3 is 2.65 bits per heavy atom. The van der Waals surface area contributed by atoms with Crippen molar-refractivity contribution in [2.75, 3.05) is 27.2 Å². The first-order chi connectivity index (χ1) is 9.20. The zero-order valence-corrected chi connectivity index (χ0v) is 12.3. The lowest BCUT2D eigenvalue weighted by atomic mass is 10.2. The van der Waals surface area contributed by atoms with Gasteiger partial charge in [0.2, 0.25) is 11.8 Å². The fourth-order valence-corrected chi connectivity index (χ4v) is 3.07. The maximum atomic E-state index is 12.3. The minimum atomic E-state index is -4.00. The second-order valence-electron chi connectivity index (χ2n) is 4.29. The average Bonchev–Trinajstić information content (AvgIpc) is 2.39. The molecule has 0 saturated carbocycles. The van der Waals surface area contributed by atoms with Crippen LogP contribution in [0.4, 0.5) is 0 Å². The second kappa shape index (κ2) is 6.29. The Hall–Kier alpha value is -1.52. The van der Waals surface area contributed by atoms with Crippen molar-refractivity contribution in [3.8, 4) is 0 Å². The summed E-state index contributed by atoms with van der Waals surface area (Å²) >= 11 is 0. The number of nitrogens with zero attached hydrogens (tertiary/aromatic N) is 2. The molecule has 0 aromatic carbocycles. The minimum absolute atomic E-state index is 0.103. The van der Waals surface area contributed by atoms with Gasteiger partial charge in [-0.05, 0) is 6.92 Å². The fraction of sp³-hybridized carbons (Fsp3) is 0.700. The Kier molecular flexibility index (Phi) is 5.20. The Labute approximate surface area is 117 Å². The van der Waals surface area contributed by atoms with Crippen molar-refractivity contribution >= 4 is 28.0 Å². The van der Waals surface area contributed by atoms with Crippen molar-refractivity contribution in [2.24, 2.45) is 0 Å². The Balaban J connectivity index is 2.83. The van der Waals surface area contributed by atoms with E-state index < -0.39 is 40.6 Å². The summed E-state index contributed by atoms with van der Waals surface area (Å²) in [7, 11) is -1.54. The third-order valence-corrected chi connectivity index (χ3v) is 4.93. The molecule has 2 amide bonds. The second-order valence-corrected chi connectivity index (χ2v) is 6.28. The molecule has 0 spiro atoms. The molecular weight excluding hydrogens is 290 g/mol. The summed E-state index contributed by atoms with van der Waals surface area (Å²) in [5, 5.41) is 2.05. The highest BCUT2D eigenvalue weighted by atomic mass is 32.2. The van der Waals surface area contributed by atoms with Gasteiger partial charge < -0.3 is 4.74 Å². The molecule has 1 aliphatic heterocycles. The van der Waals surface area contributed by atoms with Gasteiger partial charge in [0.1, 0.15) is 6.04 Å². The highest BCUT2D eigenvalue weighted by molar-refractivity contribution is 7.86. The maximum absolute atomic E-state index is 12.3. The molecular formula is C10H17N3O6S. The van der Waals surface area contributed by atoms with E-state index in [1.165, 1.54) is 21.1 Å². The largest absolute Gasteiger partial charge is 0.469 e. The van der Waals surface area contributed by atoms with E-state index in [1.54, 1.807) is 0 Å². The number of hydrogen-bond acceptors (Lipinski definition) is 6. The molecule has 1 heterocycles. The molecule has 0 aromatic heterocycles. The highest BCUT2D eigenvalue weighted by Crippen LogP contribution is 2.14. The quantitative estimate of drug-likeness (QED) is 0.467. The SMILES string of the molecule is COC(=O)CCN(C)S(=O)(=O)N1CC(=O)NC(=O)C1C. The zero-order valence-electron chi connectivity index (χ0n) is 11.5. The summed E-state index contributed by atoms with van der Waals surface area (Å²) in [6.07, 6.45) is -0.116. The smallest absolute Gasteiger partial charge is 0.306 e. The van der Waals surface area contributed by atoms with Crippen molar-refractivity contribution < 1.29 is 27.5 Å². The Bertz CT molecular complexity index is 517. The molecule has 0 aliphatic carbocycles. The van der Waals surface area contributed by atoms with Gasteiger partial charge in [0.15, 0.2) is 0 Å². The standard InChI is InChI=1S/C10H17N3O6S/c1-7-10(16)11-8(14)6-13(7)20(17,18)12(2)5-4-9(15)19-3/h7H,4-6H2,1-3H3,(H,11,14,16). The van der Waals surface area contributed by atoms with Crippen molar-refractivity contribution in [1.29, 1.82) is 0 Å². The van der Waals surface area contributed by atoms with E-state index in [0.717, 1.165) is 8.61 Å². The topological polar surface area (TPSA) is 113 Å². The third kappa shape index (κ3) is 3.52. The molecule has 20 heavy (non-hydrogen) atoms. The number of esters is 1. The van der Waals surface area contributed by atoms with Crippen LogP contribution in [0.15, 0.2) is 0 Å². The van der Waals surface area contributed by atoms with E-state index in [9.17, 15) is 22.8 Å². The first-order valence-electron chi connectivity index (χ1n) is 5.83. The van der Waals surface area contributed by atoms with Crippen molar-refractivity contribution in [3.05, 3.63) is 0 Å². The van der Waals surface area contributed by atoms with Gasteiger partial charge in [-0.1, -0.05) is 0 Å². The molecule has 1 rings (SSSR count). The van der Waals surface area contributed by atoms with Gasteiger partial charge in [0, 0.05) is 13.6 Å². The number of carbonyl (C=O) groups excluding carboxylic acids is 3. The van der Waals surface area contributed by atoms with Crippen LogP contribution in [-0.2, 0) is 29.3 Å². The van der Waals surface area contributed by atoms with E-state index >= 15 is 0 Å². The van der Waals surface area contributed by atoms with Crippen LogP contribution in [-0.4, -0.2) is 68.1 Å². The highest BCUT2D eigenvalue weighted by Gasteiger charge is 2.40. The lowest BCUT2D eigenvalue weighted by Crippen LogP contribution is -2.60. The van der Waals surface area contributed by atoms with Crippen LogP contribution in [0.2, 0.25) is 0 Å². The predicted molar refractivity (Wildman–Crippen MR) is 67.5 cm³/mol. The normalized spacial score (nSPS) is 20.9. The van der Waals surface area contributed by atoms with Crippen LogP contribution in [0.3, 0.4) is 0 Å². The number of imide groups is 1. The summed E-state index contributed by atoms with van der Waals surface area (Å²) in [5.74, 6) is -1.91. The van der Waals surface area contributed by atoms with Crippen molar-refractivity contribution in [3.63, 3.8) is 0 Å². The summed E-state index contributed by atoms with van der Waals surface area (Å²) in [4.78, 5) is 33.8. The van der Waals surface area contributed by atoms with Crippen LogP contribution >= 0.6 is 0 Å². The number of carbonyl (C=O) groups is 3. The van der Waals surface area contributed by atoms with Crippen LogP contribution in [0.25, 0.3) is 0 Å². The lowest BCUT2D eigenvalue weighted by molar-refractivity contribution is -0.141. The number of piperazine rings is 1. The number of methoxy groups -OCH3 is 1. The van der Waals surface area contributed by atoms with Gasteiger partial charge in [0.05, 0.1) is 20.1 Å². The number of hydrogen-bond donors (Lipinski definition) is 1. The Morgan fingerprint density at radius 1 is 1.50 bits per heavy atom. The lowest BCUT2D eigenvalue weighted by Gasteiger charge is -2.33. The van der Waals surface area contributed by atoms with E-state index in [2.05, 4.69) is 10.1 Å². The average molecular weight is 307 g/mol. The minimum Gasteiger partial charge on any atom is -0.469 e. The first kappa shape index (κ1) is 16.5. The van der Waals surface area contributed by atoms with Crippen LogP contribution < -0.4 is 5.32 Å². The van der Waals surface area contributed by atoms with Crippen LogP contribution in [0.5, 0.6) is 0 Å². The molecule has 0 aromatic rings. The van der Waals surface area contributed by atoms with Gasteiger partial charge in [-0.2, -0.15) is 17.0 Å². The number of amides is 2. The van der Waals surface area contributed by atoms with Gasteiger partial charge in [0.25, 0.3) is 10.2 Å². The van der Waals surface area contributed by atoms with E-state index in [4.69, 9.17) is 0 Å². The number of rotatable bonds is 5. The molecule has 1 atom stereocenters. The molecule has 0 bridgehead atoms. The molecule has 1 unspecified atom stereocenters. The van der Waals surface area contributed by atoms with E-state index in [0.29, 0.717) is 0 Å². The van der Waals surface area contributed by atoms with Crippen molar-refractivity contribution in [1.82, 2.24) is 13.9 Å². The molecule has 10 heteroatoms. The summed E-state index contributed by atoms with van der Waals surface area (Å²) in [6, 6.07) is -0.988. The molecule has 1 aliphatic rings. The molecule has 1 N–H and O–H groups in total. The number of ether oxygens (including phenoxy) is 1.